The minimum atomic E-state index is 0.133. The highest BCUT2D eigenvalue weighted by Crippen LogP contribution is 2.31. The molecule has 4 heteroatoms. The van der Waals surface area contributed by atoms with Crippen molar-refractivity contribution in [3.05, 3.63) is 62.6 Å². The van der Waals surface area contributed by atoms with Gasteiger partial charge in [-0.05, 0) is 54.7 Å². The topological polar surface area (TPSA) is 35.2 Å². The van der Waals surface area contributed by atoms with Crippen molar-refractivity contribution < 1.29 is 4.74 Å². The van der Waals surface area contributed by atoms with Crippen molar-refractivity contribution in [2.75, 3.05) is 0 Å². The van der Waals surface area contributed by atoms with E-state index >= 15 is 0 Å². The molecule has 0 saturated heterocycles. The Balaban J connectivity index is 1.75. The lowest BCUT2D eigenvalue weighted by Crippen LogP contribution is -2.17. The molecule has 0 aliphatic heterocycles. The van der Waals surface area contributed by atoms with Crippen LogP contribution in [0.2, 0.25) is 5.02 Å². The fourth-order valence-corrected chi connectivity index (χ4v) is 3.43. The summed E-state index contributed by atoms with van der Waals surface area (Å²) in [6, 6.07) is 12.2. The quantitative estimate of drug-likeness (QED) is 0.828. The van der Waals surface area contributed by atoms with Crippen LogP contribution in [-0.4, -0.2) is 0 Å². The molecule has 2 aromatic rings. The number of nitrogens with two attached hydrogens (primary N) is 1. The van der Waals surface area contributed by atoms with E-state index in [0.29, 0.717) is 11.6 Å². The highest BCUT2D eigenvalue weighted by molar-refractivity contribution is 9.10. The van der Waals surface area contributed by atoms with E-state index in [1.165, 1.54) is 17.5 Å². The van der Waals surface area contributed by atoms with Crippen LogP contribution in [0.3, 0.4) is 0 Å². The van der Waals surface area contributed by atoms with Crippen LogP contribution in [0.15, 0.2) is 40.9 Å². The van der Waals surface area contributed by atoms with Crippen molar-refractivity contribution in [3.8, 4) is 5.75 Å². The van der Waals surface area contributed by atoms with Gasteiger partial charge in [0.05, 0.1) is 0 Å². The van der Waals surface area contributed by atoms with Gasteiger partial charge >= 0.3 is 0 Å². The molecule has 1 aliphatic rings. The van der Waals surface area contributed by atoms with Gasteiger partial charge in [0.25, 0.3) is 0 Å². The summed E-state index contributed by atoms with van der Waals surface area (Å²) in [5.74, 6) is 0.852. The lowest BCUT2D eigenvalue weighted by atomic mass is 9.88. The molecule has 1 unspecified atom stereocenters. The first-order chi connectivity index (χ1) is 10.1. The Kier molecular flexibility index (Phi) is 4.53. The van der Waals surface area contributed by atoms with E-state index in [-0.39, 0.29) is 6.04 Å². The summed E-state index contributed by atoms with van der Waals surface area (Å²) in [7, 11) is 0. The maximum atomic E-state index is 6.20. The number of fused-ring (bicyclic) bond motifs is 1. The molecule has 0 amide bonds. The van der Waals surface area contributed by atoms with Crippen molar-refractivity contribution in [2.24, 2.45) is 5.73 Å². The maximum absolute atomic E-state index is 6.20. The van der Waals surface area contributed by atoms with Crippen LogP contribution in [0, 0.1) is 0 Å². The van der Waals surface area contributed by atoms with Crippen molar-refractivity contribution >= 4 is 27.5 Å². The molecule has 21 heavy (non-hydrogen) atoms. The van der Waals surface area contributed by atoms with Crippen molar-refractivity contribution in [2.45, 2.75) is 31.9 Å². The van der Waals surface area contributed by atoms with E-state index in [1.807, 2.05) is 24.3 Å². The first kappa shape index (κ1) is 14.9. The Morgan fingerprint density at radius 1 is 1.24 bits per heavy atom. The Labute approximate surface area is 138 Å². The molecule has 2 nitrogen and oxygen atoms in total. The Morgan fingerprint density at radius 2 is 2.10 bits per heavy atom. The predicted octanol–water partition coefficient (Wildman–Crippen LogP) is 5.02. The molecule has 0 spiro atoms. The van der Waals surface area contributed by atoms with E-state index in [9.17, 15) is 0 Å². The molecule has 1 atom stereocenters. The number of ether oxygens (including phenoxy) is 1. The highest BCUT2D eigenvalue weighted by Gasteiger charge is 2.17. The van der Waals surface area contributed by atoms with Crippen LogP contribution in [0.1, 0.15) is 35.6 Å². The average Bonchev–Trinajstić information content (AvgIpc) is 2.47. The average molecular weight is 367 g/mol. The smallest absolute Gasteiger partial charge is 0.120 e. The normalized spacial score (nSPS) is 17.4. The molecule has 0 fully saturated rings. The van der Waals surface area contributed by atoms with E-state index < -0.39 is 0 Å². The third kappa shape index (κ3) is 3.42. The molecular formula is C17H17BrClNO. The number of rotatable bonds is 3. The second-order valence-corrected chi connectivity index (χ2v) is 6.71. The number of hydrogen-bond donors (Lipinski definition) is 1. The minimum absolute atomic E-state index is 0.133. The van der Waals surface area contributed by atoms with Gasteiger partial charge in [-0.25, -0.2) is 0 Å². The molecule has 0 radical (unpaired) electrons. The summed E-state index contributed by atoms with van der Waals surface area (Å²) in [5.41, 5.74) is 9.73. The molecule has 1 aliphatic carbocycles. The number of hydrogen-bond acceptors (Lipinski definition) is 2. The molecule has 110 valence electrons. The van der Waals surface area contributed by atoms with E-state index in [4.69, 9.17) is 22.1 Å². The lowest BCUT2D eigenvalue weighted by molar-refractivity contribution is 0.305. The number of benzene rings is 2. The van der Waals surface area contributed by atoms with Crippen molar-refractivity contribution in [1.29, 1.82) is 0 Å². The van der Waals surface area contributed by atoms with Gasteiger partial charge in [0, 0.05) is 21.1 Å². The van der Waals surface area contributed by atoms with E-state index in [2.05, 4.69) is 28.1 Å². The zero-order valence-electron chi connectivity index (χ0n) is 11.6. The summed E-state index contributed by atoms with van der Waals surface area (Å²) >= 11 is 9.61. The van der Waals surface area contributed by atoms with Crippen LogP contribution >= 0.6 is 27.5 Å². The van der Waals surface area contributed by atoms with Crippen LogP contribution in [0.25, 0.3) is 0 Å². The first-order valence-corrected chi connectivity index (χ1v) is 8.26. The van der Waals surface area contributed by atoms with E-state index in [1.54, 1.807) is 0 Å². The predicted molar refractivity (Wildman–Crippen MR) is 89.8 cm³/mol. The zero-order valence-corrected chi connectivity index (χ0v) is 14.0. The lowest BCUT2D eigenvalue weighted by Gasteiger charge is -2.22. The molecule has 0 aromatic heterocycles. The summed E-state index contributed by atoms with van der Waals surface area (Å²) in [5, 5.41) is 0.707. The first-order valence-electron chi connectivity index (χ1n) is 7.08. The van der Waals surface area contributed by atoms with E-state index in [0.717, 1.165) is 28.6 Å². The summed E-state index contributed by atoms with van der Waals surface area (Å²) < 4.78 is 6.84. The van der Waals surface area contributed by atoms with Crippen LogP contribution in [-0.2, 0) is 13.0 Å². The maximum Gasteiger partial charge on any atom is 0.120 e. The molecule has 3 rings (SSSR count). The van der Waals surface area contributed by atoms with Crippen LogP contribution in [0.5, 0.6) is 5.75 Å². The SMILES string of the molecule is NC1CCCc2ccc(OCc3ccc(Br)cc3Cl)cc21. The Hall–Kier alpha value is -1.03. The summed E-state index contributed by atoms with van der Waals surface area (Å²) in [4.78, 5) is 0. The fourth-order valence-electron chi connectivity index (χ4n) is 2.70. The molecule has 0 bridgehead atoms. The largest absolute Gasteiger partial charge is 0.489 e. The second-order valence-electron chi connectivity index (χ2n) is 5.38. The molecule has 2 N–H and O–H groups in total. The standard InChI is InChI=1S/C17H17BrClNO/c18-13-6-4-12(16(19)8-13)10-21-14-7-5-11-2-1-3-17(20)15(11)9-14/h4-9,17H,1-3,10,20H2. The summed E-state index contributed by atoms with van der Waals surface area (Å²) in [6.07, 6.45) is 3.33. The molecule has 2 aromatic carbocycles. The third-order valence-corrected chi connectivity index (χ3v) is 4.73. The fraction of sp³-hybridized carbons (Fsp3) is 0.294. The van der Waals surface area contributed by atoms with Gasteiger partial charge in [0.15, 0.2) is 0 Å². The van der Waals surface area contributed by atoms with Gasteiger partial charge in [-0.15, -0.1) is 0 Å². The molecular weight excluding hydrogens is 350 g/mol. The number of halogens is 2. The van der Waals surface area contributed by atoms with Gasteiger partial charge in [-0.3, -0.25) is 0 Å². The Morgan fingerprint density at radius 3 is 2.90 bits per heavy atom. The molecule has 0 saturated carbocycles. The summed E-state index contributed by atoms with van der Waals surface area (Å²) in [6.45, 7) is 0.458. The van der Waals surface area contributed by atoms with Crippen molar-refractivity contribution in [3.63, 3.8) is 0 Å². The highest BCUT2D eigenvalue weighted by atomic mass is 79.9. The minimum Gasteiger partial charge on any atom is -0.489 e. The molecule has 0 heterocycles. The van der Waals surface area contributed by atoms with Crippen LogP contribution in [0.4, 0.5) is 0 Å². The van der Waals surface area contributed by atoms with Crippen LogP contribution < -0.4 is 10.5 Å². The Bertz CT molecular complexity index is 659. The van der Waals surface area contributed by atoms with Gasteiger partial charge in [-0.2, -0.15) is 0 Å². The van der Waals surface area contributed by atoms with Gasteiger partial charge in [0.2, 0.25) is 0 Å². The second kappa shape index (κ2) is 6.39. The van der Waals surface area contributed by atoms with Crippen molar-refractivity contribution in [1.82, 2.24) is 0 Å². The zero-order chi connectivity index (χ0) is 14.8. The number of aryl methyl sites for hydroxylation is 1. The van der Waals surface area contributed by atoms with Gasteiger partial charge < -0.3 is 10.5 Å². The van der Waals surface area contributed by atoms with Gasteiger partial charge in [-0.1, -0.05) is 39.7 Å². The van der Waals surface area contributed by atoms with Gasteiger partial charge in [0.1, 0.15) is 12.4 Å². The monoisotopic (exact) mass is 365 g/mol. The third-order valence-electron chi connectivity index (χ3n) is 3.89.